The van der Waals surface area contributed by atoms with E-state index in [9.17, 15) is 0 Å². The number of thiocarbonyl (C=S) groups is 2. The summed E-state index contributed by atoms with van der Waals surface area (Å²) in [5, 5.41) is 12.5. The van der Waals surface area contributed by atoms with E-state index in [0.717, 1.165) is 49.5 Å². The number of nitrogens with zero attached hydrogens (tertiary/aromatic N) is 2. The topological polar surface area (TPSA) is 30.5 Å². The van der Waals surface area contributed by atoms with Crippen molar-refractivity contribution < 1.29 is 0 Å². The molecule has 1 aliphatic heterocycles. The standard InChI is InChI=1S/C16H20N4S4/c21-15(17-11-13-3-1-9-23-13)19-5-7-20(8-6-19)16(22)18-12-14-4-2-10-24-14/h1-4,9-10H,5-8,11-12H2,(H,17,21)(H,18,22). The summed E-state index contributed by atoms with van der Waals surface area (Å²) in [5.41, 5.74) is 0. The summed E-state index contributed by atoms with van der Waals surface area (Å²) in [5.74, 6) is 0. The van der Waals surface area contributed by atoms with Gasteiger partial charge in [-0.05, 0) is 47.3 Å². The Morgan fingerprint density at radius 3 is 1.58 bits per heavy atom. The fourth-order valence-electron chi connectivity index (χ4n) is 2.49. The maximum Gasteiger partial charge on any atom is 0.169 e. The van der Waals surface area contributed by atoms with Gasteiger partial charge in [-0.2, -0.15) is 0 Å². The minimum atomic E-state index is 0.803. The number of piperazine rings is 1. The first-order chi connectivity index (χ1) is 11.7. The predicted molar refractivity (Wildman–Crippen MR) is 111 cm³/mol. The summed E-state index contributed by atoms with van der Waals surface area (Å²) >= 11 is 14.5. The van der Waals surface area contributed by atoms with Gasteiger partial charge in [0.2, 0.25) is 0 Å². The van der Waals surface area contributed by atoms with Gasteiger partial charge in [0.1, 0.15) is 0 Å². The molecule has 3 rings (SSSR count). The van der Waals surface area contributed by atoms with E-state index in [1.165, 1.54) is 9.75 Å². The Morgan fingerprint density at radius 1 is 0.833 bits per heavy atom. The van der Waals surface area contributed by atoms with Gasteiger partial charge in [0.05, 0.1) is 13.1 Å². The van der Waals surface area contributed by atoms with Crippen molar-refractivity contribution >= 4 is 57.3 Å². The molecular weight excluding hydrogens is 376 g/mol. The summed E-state index contributed by atoms with van der Waals surface area (Å²) in [6, 6.07) is 8.37. The highest BCUT2D eigenvalue weighted by atomic mass is 32.1. The first-order valence-electron chi connectivity index (χ1n) is 7.82. The number of thiophene rings is 2. The van der Waals surface area contributed by atoms with E-state index in [1.54, 1.807) is 22.7 Å². The Bertz CT molecular complexity index is 587. The van der Waals surface area contributed by atoms with Gasteiger partial charge in [-0.3, -0.25) is 0 Å². The molecule has 2 aromatic heterocycles. The number of nitrogens with one attached hydrogen (secondary N) is 2. The van der Waals surface area contributed by atoms with Crippen molar-refractivity contribution in [2.24, 2.45) is 0 Å². The van der Waals surface area contributed by atoms with Crippen LogP contribution in [0, 0.1) is 0 Å². The van der Waals surface area contributed by atoms with Crippen molar-refractivity contribution in [1.82, 2.24) is 20.4 Å². The summed E-state index contributed by atoms with van der Waals surface area (Å²) in [7, 11) is 0. The molecule has 0 aliphatic carbocycles. The molecule has 1 aliphatic rings. The lowest BCUT2D eigenvalue weighted by molar-refractivity contribution is 0.254. The number of hydrogen-bond donors (Lipinski definition) is 2. The molecule has 0 bridgehead atoms. The summed E-state index contributed by atoms with van der Waals surface area (Å²) in [4.78, 5) is 7.05. The molecular formula is C16H20N4S4. The van der Waals surface area contributed by atoms with Crippen LogP contribution in [-0.4, -0.2) is 46.2 Å². The molecule has 0 aromatic carbocycles. The quantitative estimate of drug-likeness (QED) is 0.773. The second-order valence-electron chi connectivity index (χ2n) is 5.45. The molecule has 0 unspecified atom stereocenters. The normalized spacial score (nSPS) is 14.5. The molecule has 1 fully saturated rings. The molecule has 0 amide bonds. The number of hydrogen-bond acceptors (Lipinski definition) is 4. The van der Waals surface area contributed by atoms with Crippen LogP contribution in [0.2, 0.25) is 0 Å². The third kappa shape index (κ3) is 4.89. The maximum absolute atomic E-state index is 5.51. The van der Waals surface area contributed by atoms with Crippen LogP contribution in [-0.2, 0) is 13.1 Å². The summed E-state index contributed by atoms with van der Waals surface area (Å²) in [6.07, 6.45) is 0. The van der Waals surface area contributed by atoms with Crippen molar-refractivity contribution in [3.8, 4) is 0 Å². The van der Waals surface area contributed by atoms with Gasteiger partial charge in [-0.15, -0.1) is 22.7 Å². The third-order valence-corrected chi connectivity index (χ3v) is 6.40. The smallest absolute Gasteiger partial charge is 0.169 e. The second kappa shape index (κ2) is 8.75. The maximum atomic E-state index is 5.51. The average molecular weight is 397 g/mol. The van der Waals surface area contributed by atoms with Gasteiger partial charge < -0.3 is 20.4 Å². The molecule has 0 spiro atoms. The van der Waals surface area contributed by atoms with Crippen LogP contribution in [0.1, 0.15) is 9.75 Å². The lowest BCUT2D eigenvalue weighted by Gasteiger charge is -2.37. The molecule has 0 saturated carbocycles. The predicted octanol–water partition coefficient (Wildman–Crippen LogP) is 2.88. The Balaban J connectivity index is 1.38. The lowest BCUT2D eigenvalue weighted by Crippen LogP contribution is -2.54. The molecule has 8 heteroatoms. The second-order valence-corrected chi connectivity index (χ2v) is 8.29. The molecule has 2 N–H and O–H groups in total. The zero-order valence-corrected chi connectivity index (χ0v) is 16.5. The van der Waals surface area contributed by atoms with Gasteiger partial charge in [-0.25, -0.2) is 0 Å². The minimum absolute atomic E-state index is 0.803. The summed E-state index contributed by atoms with van der Waals surface area (Å²) in [6.45, 7) is 5.21. The number of rotatable bonds is 4. The van der Waals surface area contributed by atoms with E-state index >= 15 is 0 Å². The van der Waals surface area contributed by atoms with Gasteiger partial charge in [-0.1, -0.05) is 12.1 Å². The van der Waals surface area contributed by atoms with Crippen LogP contribution in [0.4, 0.5) is 0 Å². The van der Waals surface area contributed by atoms with Crippen molar-refractivity contribution in [3.63, 3.8) is 0 Å². The monoisotopic (exact) mass is 396 g/mol. The van der Waals surface area contributed by atoms with E-state index in [-0.39, 0.29) is 0 Å². The van der Waals surface area contributed by atoms with E-state index < -0.39 is 0 Å². The minimum Gasteiger partial charge on any atom is -0.358 e. The molecule has 0 atom stereocenters. The molecule has 3 heterocycles. The molecule has 4 nitrogen and oxygen atoms in total. The van der Waals surface area contributed by atoms with Gasteiger partial charge in [0, 0.05) is 35.9 Å². The first-order valence-corrected chi connectivity index (χ1v) is 10.4. The average Bonchev–Trinajstić information content (AvgIpc) is 3.31. The van der Waals surface area contributed by atoms with Crippen molar-refractivity contribution in [2.45, 2.75) is 13.1 Å². The van der Waals surface area contributed by atoms with Crippen LogP contribution < -0.4 is 10.6 Å². The van der Waals surface area contributed by atoms with Crippen LogP contribution in [0.3, 0.4) is 0 Å². The van der Waals surface area contributed by atoms with Crippen molar-refractivity contribution in [2.75, 3.05) is 26.2 Å². The fraction of sp³-hybridized carbons (Fsp3) is 0.375. The highest BCUT2D eigenvalue weighted by Crippen LogP contribution is 2.10. The largest absolute Gasteiger partial charge is 0.358 e. The Kier molecular flexibility index (Phi) is 6.42. The molecule has 2 aromatic rings. The fourth-order valence-corrected chi connectivity index (χ4v) is 4.29. The van der Waals surface area contributed by atoms with E-state index in [4.69, 9.17) is 24.4 Å². The van der Waals surface area contributed by atoms with E-state index in [1.807, 2.05) is 0 Å². The Labute approximate surface area is 161 Å². The van der Waals surface area contributed by atoms with Gasteiger partial charge >= 0.3 is 0 Å². The van der Waals surface area contributed by atoms with Crippen LogP contribution in [0.5, 0.6) is 0 Å². The molecule has 1 saturated heterocycles. The van der Waals surface area contributed by atoms with Crippen LogP contribution in [0.15, 0.2) is 35.0 Å². The van der Waals surface area contributed by atoms with Crippen molar-refractivity contribution in [1.29, 1.82) is 0 Å². The summed E-state index contributed by atoms with van der Waals surface area (Å²) < 4.78 is 0. The van der Waals surface area contributed by atoms with Crippen LogP contribution >= 0.6 is 47.1 Å². The molecule has 128 valence electrons. The van der Waals surface area contributed by atoms with Gasteiger partial charge in [0.25, 0.3) is 0 Å². The van der Waals surface area contributed by atoms with E-state index in [2.05, 4.69) is 55.5 Å². The van der Waals surface area contributed by atoms with E-state index in [0.29, 0.717) is 0 Å². The molecule has 24 heavy (non-hydrogen) atoms. The zero-order valence-electron chi connectivity index (χ0n) is 13.2. The Morgan fingerprint density at radius 2 is 1.25 bits per heavy atom. The third-order valence-electron chi connectivity index (χ3n) is 3.84. The first kappa shape index (κ1) is 17.6. The van der Waals surface area contributed by atoms with Crippen molar-refractivity contribution in [3.05, 3.63) is 44.8 Å². The lowest BCUT2D eigenvalue weighted by atomic mass is 10.3. The highest BCUT2D eigenvalue weighted by molar-refractivity contribution is 7.80. The van der Waals surface area contributed by atoms with Gasteiger partial charge in [0.15, 0.2) is 10.2 Å². The van der Waals surface area contributed by atoms with Crippen LogP contribution in [0.25, 0.3) is 0 Å². The Hall–Kier alpha value is -1.22. The zero-order chi connectivity index (χ0) is 16.8. The highest BCUT2D eigenvalue weighted by Gasteiger charge is 2.20. The molecule has 0 radical (unpaired) electrons. The SMILES string of the molecule is S=C(NCc1cccs1)N1CCN(C(=S)NCc2cccs2)CC1.